The van der Waals surface area contributed by atoms with Crippen molar-refractivity contribution in [2.24, 2.45) is 5.92 Å². The van der Waals surface area contributed by atoms with E-state index in [1.165, 1.54) is 12.8 Å². The van der Waals surface area contributed by atoms with Crippen LogP contribution in [0, 0.1) is 5.92 Å². The molecule has 0 saturated heterocycles. The summed E-state index contributed by atoms with van der Waals surface area (Å²) in [5.41, 5.74) is 0. The lowest BCUT2D eigenvalue weighted by Gasteiger charge is -2.33. The van der Waals surface area contributed by atoms with Crippen LogP contribution in [0.3, 0.4) is 0 Å². The quantitative estimate of drug-likeness (QED) is 0.523. The lowest BCUT2D eigenvalue weighted by molar-refractivity contribution is -0.143. The first kappa shape index (κ1) is 11.5. The zero-order chi connectivity index (χ0) is 10.4. The Hall–Kier alpha value is -0.570. The maximum absolute atomic E-state index is 11.2. The Morgan fingerprint density at radius 2 is 2.21 bits per heavy atom. The van der Waals surface area contributed by atoms with Crippen LogP contribution < -0.4 is 5.32 Å². The fourth-order valence-corrected chi connectivity index (χ4v) is 1.68. The predicted molar refractivity (Wildman–Crippen MR) is 56.1 cm³/mol. The molecule has 3 nitrogen and oxygen atoms in total. The van der Waals surface area contributed by atoms with E-state index in [0.717, 1.165) is 18.8 Å². The van der Waals surface area contributed by atoms with Gasteiger partial charge in [-0.15, -0.1) is 0 Å². The fourth-order valence-electron chi connectivity index (χ4n) is 1.68. The van der Waals surface area contributed by atoms with Crippen molar-refractivity contribution >= 4 is 5.97 Å². The number of nitrogens with one attached hydrogen (secondary N) is 1. The number of carbonyl (C=O) groups is 1. The van der Waals surface area contributed by atoms with Gasteiger partial charge in [0.15, 0.2) is 0 Å². The molecule has 0 atom stereocenters. The third kappa shape index (κ3) is 4.09. The number of carbonyl (C=O) groups excluding carboxylic acids is 1. The van der Waals surface area contributed by atoms with E-state index in [0.29, 0.717) is 19.2 Å². The molecule has 1 fully saturated rings. The van der Waals surface area contributed by atoms with Gasteiger partial charge in [0.05, 0.1) is 13.2 Å². The first-order valence-electron chi connectivity index (χ1n) is 5.61. The molecule has 1 rings (SSSR count). The van der Waals surface area contributed by atoms with E-state index in [-0.39, 0.29) is 5.97 Å². The summed E-state index contributed by atoms with van der Waals surface area (Å²) < 4.78 is 5.03. The third-order valence-electron chi connectivity index (χ3n) is 2.67. The predicted octanol–water partition coefficient (Wildman–Crippen LogP) is 1.72. The topological polar surface area (TPSA) is 38.3 Å². The van der Waals surface area contributed by atoms with E-state index in [1.54, 1.807) is 0 Å². The van der Waals surface area contributed by atoms with Gasteiger partial charge in [-0.25, -0.2) is 0 Å². The van der Waals surface area contributed by atoms with Crippen molar-refractivity contribution in [3.05, 3.63) is 0 Å². The van der Waals surface area contributed by atoms with Crippen LogP contribution in [0.2, 0.25) is 0 Å². The molecular formula is C11H21NO2. The van der Waals surface area contributed by atoms with E-state index < -0.39 is 0 Å². The highest BCUT2D eigenvalue weighted by Gasteiger charge is 2.25. The molecule has 1 saturated carbocycles. The number of unbranched alkanes of at least 4 members (excludes halogenated alkanes) is 1. The number of esters is 1. The summed E-state index contributed by atoms with van der Waals surface area (Å²) in [4.78, 5) is 11.2. The minimum Gasteiger partial charge on any atom is -0.465 e. The summed E-state index contributed by atoms with van der Waals surface area (Å²) in [6, 6.07) is 0.545. The Morgan fingerprint density at radius 1 is 1.50 bits per heavy atom. The number of hydrogen-bond acceptors (Lipinski definition) is 3. The number of hydrogen-bond donors (Lipinski definition) is 1. The smallest absolute Gasteiger partial charge is 0.319 e. The maximum Gasteiger partial charge on any atom is 0.319 e. The van der Waals surface area contributed by atoms with Gasteiger partial charge in [0.25, 0.3) is 0 Å². The summed E-state index contributed by atoms with van der Waals surface area (Å²) in [6.07, 6.45) is 4.43. The molecule has 0 amide bonds. The van der Waals surface area contributed by atoms with Crippen molar-refractivity contribution in [3.63, 3.8) is 0 Å². The Labute approximate surface area is 86.2 Å². The average molecular weight is 199 g/mol. The molecule has 3 heteroatoms. The van der Waals surface area contributed by atoms with Crippen molar-refractivity contribution in [2.75, 3.05) is 13.2 Å². The monoisotopic (exact) mass is 199 g/mol. The van der Waals surface area contributed by atoms with E-state index in [1.807, 2.05) is 0 Å². The normalized spacial score (nSPS) is 25.6. The highest BCUT2D eigenvalue weighted by molar-refractivity contribution is 5.71. The van der Waals surface area contributed by atoms with Crippen LogP contribution in [-0.4, -0.2) is 25.2 Å². The Balaban J connectivity index is 1.93. The summed E-state index contributed by atoms with van der Waals surface area (Å²) in [6.45, 7) is 5.26. The molecule has 1 aliphatic carbocycles. The van der Waals surface area contributed by atoms with Crippen molar-refractivity contribution in [1.29, 1.82) is 0 Å². The van der Waals surface area contributed by atoms with Crippen LogP contribution in [0.5, 0.6) is 0 Å². The minimum atomic E-state index is -0.113. The van der Waals surface area contributed by atoms with Gasteiger partial charge < -0.3 is 10.1 Å². The third-order valence-corrected chi connectivity index (χ3v) is 2.67. The summed E-state index contributed by atoms with van der Waals surface area (Å²) in [7, 11) is 0. The lowest BCUT2D eigenvalue weighted by atomic mass is 9.82. The molecule has 14 heavy (non-hydrogen) atoms. The van der Waals surface area contributed by atoms with Crippen molar-refractivity contribution in [3.8, 4) is 0 Å². The highest BCUT2D eigenvalue weighted by Crippen LogP contribution is 2.25. The standard InChI is InChI=1S/C11H21NO2/c1-3-4-5-14-11(13)8-12-10-6-9(2)7-10/h9-10,12H,3-8H2,1-2H3. The molecule has 0 bridgehead atoms. The zero-order valence-electron chi connectivity index (χ0n) is 9.21. The Kier molecular flexibility index (Phi) is 4.94. The first-order valence-corrected chi connectivity index (χ1v) is 5.61. The molecular weight excluding hydrogens is 178 g/mol. The number of rotatable bonds is 6. The van der Waals surface area contributed by atoms with E-state index in [2.05, 4.69) is 19.2 Å². The van der Waals surface area contributed by atoms with Gasteiger partial charge in [-0.1, -0.05) is 20.3 Å². The van der Waals surface area contributed by atoms with Crippen LogP contribution in [-0.2, 0) is 9.53 Å². The van der Waals surface area contributed by atoms with Crippen molar-refractivity contribution < 1.29 is 9.53 Å². The SMILES string of the molecule is CCCCOC(=O)CNC1CC(C)C1. The molecule has 0 radical (unpaired) electrons. The average Bonchev–Trinajstić information content (AvgIpc) is 2.11. The lowest BCUT2D eigenvalue weighted by Crippen LogP contribution is -2.42. The molecule has 0 unspecified atom stereocenters. The van der Waals surface area contributed by atoms with Crippen LogP contribution >= 0.6 is 0 Å². The van der Waals surface area contributed by atoms with Crippen molar-refractivity contribution in [2.45, 2.75) is 45.6 Å². The van der Waals surface area contributed by atoms with Gasteiger partial charge in [-0.2, -0.15) is 0 Å². The van der Waals surface area contributed by atoms with Gasteiger partial charge in [0, 0.05) is 6.04 Å². The van der Waals surface area contributed by atoms with Crippen LogP contribution in [0.4, 0.5) is 0 Å². The fraction of sp³-hybridized carbons (Fsp3) is 0.909. The summed E-state index contributed by atoms with van der Waals surface area (Å²) in [5, 5.41) is 3.20. The van der Waals surface area contributed by atoms with E-state index in [4.69, 9.17) is 4.74 Å². The second-order valence-corrected chi connectivity index (χ2v) is 4.23. The maximum atomic E-state index is 11.2. The molecule has 0 aromatic carbocycles. The van der Waals surface area contributed by atoms with Gasteiger partial charge in [-0.3, -0.25) is 4.79 Å². The Morgan fingerprint density at radius 3 is 2.79 bits per heavy atom. The van der Waals surface area contributed by atoms with E-state index >= 15 is 0 Å². The molecule has 0 heterocycles. The second kappa shape index (κ2) is 6.02. The van der Waals surface area contributed by atoms with Gasteiger partial charge in [-0.05, 0) is 25.2 Å². The van der Waals surface area contributed by atoms with Gasteiger partial charge in [0.2, 0.25) is 0 Å². The second-order valence-electron chi connectivity index (χ2n) is 4.23. The zero-order valence-corrected chi connectivity index (χ0v) is 9.21. The molecule has 0 aliphatic heterocycles. The van der Waals surface area contributed by atoms with Crippen LogP contribution in [0.25, 0.3) is 0 Å². The van der Waals surface area contributed by atoms with Gasteiger partial charge in [0.1, 0.15) is 0 Å². The van der Waals surface area contributed by atoms with Crippen LogP contribution in [0.1, 0.15) is 39.5 Å². The Bertz CT molecular complexity index is 176. The summed E-state index contributed by atoms with van der Waals surface area (Å²) >= 11 is 0. The molecule has 0 spiro atoms. The highest BCUT2D eigenvalue weighted by atomic mass is 16.5. The van der Waals surface area contributed by atoms with Gasteiger partial charge >= 0.3 is 5.97 Å². The van der Waals surface area contributed by atoms with Crippen molar-refractivity contribution in [1.82, 2.24) is 5.32 Å². The van der Waals surface area contributed by atoms with Crippen LogP contribution in [0.15, 0.2) is 0 Å². The van der Waals surface area contributed by atoms with E-state index in [9.17, 15) is 4.79 Å². The molecule has 1 N–H and O–H groups in total. The summed E-state index contributed by atoms with van der Waals surface area (Å²) in [5.74, 6) is 0.710. The molecule has 0 aromatic rings. The minimum absolute atomic E-state index is 0.113. The largest absolute Gasteiger partial charge is 0.465 e. The first-order chi connectivity index (χ1) is 6.72. The number of ether oxygens (including phenoxy) is 1. The molecule has 82 valence electrons. The molecule has 1 aliphatic rings. The molecule has 0 aromatic heterocycles.